The van der Waals surface area contributed by atoms with Crippen LogP contribution < -0.4 is 59.7 Å². The van der Waals surface area contributed by atoms with Crippen LogP contribution in [0.3, 0.4) is 0 Å². The Labute approximate surface area is 445 Å². The molecular formula is C49H69N15O9S2. The van der Waals surface area contributed by atoms with Crippen LogP contribution >= 0.6 is 25.3 Å². The molecule has 75 heavy (non-hydrogen) atoms. The number of carbonyl (C=O) groups excluding carboxylic acids is 9. The second-order valence-corrected chi connectivity index (χ2v) is 18.3. The summed E-state index contributed by atoms with van der Waals surface area (Å²) in [5.74, 6) is -6.64. The lowest BCUT2D eigenvalue weighted by Gasteiger charge is -2.27. The number of nitrogens with zero attached hydrogens (tertiary/aromatic N) is 2. The number of guanidine groups is 1. The van der Waals surface area contributed by atoms with Crippen LogP contribution in [-0.4, -0.2) is 141 Å². The third-order valence-corrected chi connectivity index (χ3v) is 12.4. The van der Waals surface area contributed by atoms with E-state index in [1.165, 1.54) is 19.4 Å². The van der Waals surface area contributed by atoms with Gasteiger partial charge in [0, 0.05) is 86.2 Å². The number of aromatic nitrogens is 3. The van der Waals surface area contributed by atoms with Gasteiger partial charge < -0.3 is 69.7 Å². The summed E-state index contributed by atoms with van der Waals surface area (Å²) in [6.45, 7) is 3.09. The number of thiol groups is 2. The lowest BCUT2D eigenvalue weighted by molar-refractivity contribution is -0.135. The Morgan fingerprint density at radius 2 is 1.19 bits per heavy atom. The van der Waals surface area contributed by atoms with Crippen LogP contribution in [0.2, 0.25) is 0 Å². The number of carbonyl (C=O) groups is 9. The Kier molecular flexibility index (Phi) is 24.9. The molecule has 9 amide bonds. The lowest BCUT2D eigenvalue weighted by Crippen LogP contribution is -2.60. The lowest BCUT2D eigenvalue weighted by atomic mass is 10.0. The van der Waals surface area contributed by atoms with Gasteiger partial charge in [-0.1, -0.05) is 68.3 Å². The van der Waals surface area contributed by atoms with E-state index in [4.69, 9.17) is 17.2 Å². The topological polar surface area (TPSA) is 385 Å². The third kappa shape index (κ3) is 20.3. The number of unbranched alkanes of at least 4 members (excludes halogenated alkanes) is 1. The zero-order chi connectivity index (χ0) is 54.9. The van der Waals surface area contributed by atoms with Gasteiger partial charge in [-0.15, -0.1) is 0 Å². The van der Waals surface area contributed by atoms with Crippen LogP contribution in [0.25, 0.3) is 10.9 Å². The van der Waals surface area contributed by atoms with Crippen LogP contribution in [0.15, 0.2) is 78.3 Å². The standard InChI is InChI=1S/C49H69N15O9S2/c1-3-4-14-34(58-28(2)65)44(69)64-40(26-75)43(68)54-19-17-41(66)59-38(22-31-24-53-27-57-31)48(73)61-36(20-29-11-6-5-7-12-29)46(71)60-35(16-10-18-55-49(51)52)45(70)62-37(47(72)63-39(25-74)42(50)67)21-30-23-56-33-15-9-8-13-32(30)33/h5-9,11-13,15,23-24,27,34-40,56,74-75H,3-4,10,14,16-22,25-26H2,1-2H3,(H2,50,67)(H,53,57)(H,54,68)(H,58,65)(H,59,66)(H,60,71)(H,61,73)(H,62,70)(H,63,72)(H,64,69)(H4,51,52,55)/t34-,35-,36+,37-,38-,39+,40-/m0/s1. The van der Waals surface area contributed by atoms with E-state index in [2.05, 4.69) is 87.7 Å². The number of nitrogens with one attached hydrogen (secondary N) is 10. The molecule has 0 bridgehead atoms. The van der Waals surface area contributed by atoms with Gasteiger partial charge in [0.25, 0.3) is 0 Å². The molecule has 0 saturated heterocycles. The highest BCUT2D eigenvalue weighted by Gasteiger charge is 2.33. The number of hydrogen-bond donors (Lipinski definition) is 15. The monoisotopic (exact) mass is 1080 g/mol. The number of nitrogens with two attached hydrogens (primary N) is 3. The van der Waals surface area contributed by atoms with Crippen molar-refractivity contribution in [1.29, 1.82) is 0 Å². The fourth-order valence-electron chi connectivity index (χ4n) is 7.76. The highest BCUT2D eigenvalue weighted by molar-refractivity contribution is 7.80. The van der Waals surface area contributed by atoms with Crippen LogP contribution in [0.5, 0.6) is 0 Å². The number of para-hydroxylation sites is 1. The molecule has 0 radical (unpaired) electrons. The minimum absolute atomic E-state index is 0.0466. The van der Waals surface area contributed by atoms with Crippen molar-refractivity contribution in [2.45, 2.75) is 114 Å². The smallest absolute Gasteiger partial charge is 0.243 e. The minimum Gasteiger partial charge on any atom is -0.370 e. The van der Waals surface area contributed by atoms with Crippen LogP contribution in [0.1, 0.15) is 69.2 Å². The van der Waals surface area contributed by atoms with E-state index in [-0.39, 0.29) is 69.1 Å². The number of hydrogen-bond acceptors (Lipinski definition) is 13. The van der Waals surface area contributed by atoms with Crippen molar-refractivity contribution in [1.82, 2.24) is 57.5 Å². The first-order valence-corrected chi connectivity index (χ1v) is 25.7. The molecule has 406 valence electrons. The molecule has 7 atom stereocenters. The maximum absolute atomic E-state index is 14.6. The largest absolute Gasteiger partial charge is 0.370 e. The Morgan fingerprint density at radius 3 is 1.79 bits per heavy atom. The maximum Gasteiger partial charge on any atom is 0.243 e. The Bertz CT molecular complexity index is 2580. The van der Waals surface area contributed by atoms with Gasteiger partial charge in [-0.3, -0.25) is 48.1 Å². The predicted octanol–water partition coefficient (Wildman–Crippen LogP) is -1.57. The minimum atomic E-state index is -1.36. The molecule has 0 fully saturated rings. The summed E-state index contributed by atoms with van der Waals surface area (Å²) in [5, 5.41) is 22.0. The van der Waals surface area contributed by atoms with Gasteiger partial charge in [-0.05, 0) is 36.5 Å². The van der Waals surface area contributed by atoms with Crippen molar-refractivity contribution in [3.05, 3.63) is 90.1 Å². The molecule has 0 unspecified atom stereocenters. The van der Waals surface area contributed by atoms with Crippen LogP contribution in [0.4, 0.5) is 0 Å². The first-order valence-electron chi connectivity index (χ1n) is 24.4. The number of amides is 9. The van der Waals surface area contributed by atoms with Crippen molar-refractivity contribution in [2.24, 2.45) is 22.2 Å². The molecule has 2 heterocycles. The summed E-state index contributed by atoms with van der Waals surface area (Å²) >= 11 is 8.36. The highest BCUT2D eigenvalue weighted by Crippen LogP contribution is 2.20. The van der Waals surface area contributed by atoms with E-state index in [0.717, 1.165) is 17.3 Å². The number of aliphatic imine (C=N–C) groups is 1. The number of benzene rings is 2. The van der Waals surface area contributed by atoms with E-state index in [1.807, 2.05) is 31.2 Å². The predicted molar refractivity (Wildman–Crippen MR) is 288 cm³/mol. The summed E-state index contributed by atoms with van der Waals surface area (Å²) in [5.41, 5.74) is 19.1. The summed E-state index contributed by atoms with van der Waals surface area (Å²) < 4.78 is 0. The first-order chi connectivity index (χ1) is 35.9. The van der Waals surface area contributed by atoms with Crippen molar-refractivity contribution in [3.63, 3.8) is 0 Å². The van der Waals surface area contributed by atoms with Crippen molar-refractivity contribution in [3.8, 4) is 0 Å². The van der Waals surface area contributed by atoms with Gasteiger partial charge in [-0.25, -0.2) is 4.98 Å². The van der Waals surface area contributed by atoms with Crippen molar-refractivity contribution < 1.29 is 43.2 Å². The maximum atomic E-state index is 14.6. The fourth-order valence-corrected chi connectivity index (χ4v) is 8.29. The molecule has 16 N–H and O–H groups in total. The molecule has 0 aliphatic carbocycles. The number of H-pyrrole nitrogens is 2. The summed E-state index contributed by atoms with van der Waals surface area (Å²) in [6.07, 6.45) is 5.92. The second kappa shape index (κ2) is 31.2. The number of primary amides is 1. The molecule has 4 aromatic rings. The van der Waals surface area contributed by atoms with Crippen LogP contribution in [-0.2, 0) is 62.4 Å². The number of aromatic amines is 2. The van der Waals surface area contributed by atoms with Gasteiger partial charge >= 0.3 is 0 Å². The SMILES string of the molecule is CCCC[C@H](NC(C)=O)C(=O)N[C@@H](CS)C(=O)NCCC(=O)N[C@@H](Cc1cnc[nH]1)C(=O)N[C@H](Cc1ccccc1)C(=O)N[C@@H](CCCN=C(N)N)C(=O)N[C@@H](Cc1c[nH]c2ccccc12)C(=O)N[C@H](CS)C(N)=O. The third-order valence-electron chi connectivity index (χ3n) is 11.7. The number of fused-ring (bicyclic) bond motifs is 1. The zero-order valence-electron chi connectivity index (χ0n) is 41.9. The Hall–Kier alpha value is -7.61. The molecule has 26 heteroatoms. The van der Waals surface area contributed by atoms with Crippen molar-refractivity contribution in [2.75, 3.05) is 24.6 Å². The van der Waals surface area contributed by atoms with Gasteiger partial charge in [0.05, 0.1) is 6.33 Å². The average molecular weight is 1080 g/mol. The average Bonchev–Trinajstić information content (AvgIpc) is 4.06. The summed E-state index contributed by atoms with van der Waals surface area (Å²) in [6, 6.07) is 7.61. The second-order valence-electron chi connectivity index (χ2n) is 17.6. The van der Waals surface area contributed by atoms with E-state index in [9.17, 15) is 43.2 Å². The number of rotatable bonds is 32. The van der Waals surface area contributed by atoms with E-state index in [1.54, 1.807) is 36.5 Å². The van der Waals surface area contributed by atoms with Gasteiger partial charge in [0.2, 0.25) is 53.2 Å². The summed E-state index contributed by atoms with van der Waals surface area (Å²) in [7, 11) is 0. The molecule has 2 aromatic carbocycles. The fraction of sp³-hybridized carbons (Fsp3) is 0.449. The van der Waals surface area contributed by atoms with Gasteiger partial charge in [0.1, 0.15) is 42.3 Å². The zero-order valence-corrected chi connectivity index (χ0v) is 43.6. The molecule has 4 rings (SSSR count). The van der Waals surface area contributed by atoms with Gasteiger partial charge in [0.15, 0.2) is 5.96 Å². The molecule has 24 nitrogen and oxygen atoms in total. The molecular weight excluding hydrogens is 1010 g/mol. The molecule has 0 spiro atoms. The van der Waals surface area contributed by atoms with E-state index in [0.29, 0.717) is 29.7 Å². The molecule has 0 aliphatic rings. The van der Waals surface area contributed by atoms with Crippen molar-refractivity contribution >= 4 is 95.3 Å². The van der Waals surface area contributed by atoms with E-state index < -0.39 is 95.5 Å². The quantitative estimate of drug-likeness (QED) is 0.0114. The molecule has 0 saturated carbocycles. The van der Waals surface area contributed by atoms with Gasteiger partial charge in [-0.2, -0.15) is 25.3 Å². The first kappa shape index (κ1) is 59.9. The Balaban J connectivity index is 1.55. The molecule has 0 aliphatic heterocycles. The normalized spacial score (nSPS) is 13.8. The van der Waals surface area contributed by atoms with E-state index >= 15 is 0 Å². The highest BCUT2D eigenvalue weighted by atomic mass is 32.1. The molecule has 2 aromatic heterocycles. The summed E-state index contributed by atoms with van der Waals surface area (Å²) in [4.78, 5) is 135. The van der Waals surface area contributed by atoms with Crippen LogP contribution in [0, 0.1) is 0 Å². The number of imidazole rings is 1. The Morgan fingerprint density at radius 1 is 0.627 bits per heavy atom.